The number of methoxy groups -OCH3 is 1. The third-order valence-electron chi connectivity index (χ3n) is 6.20. The minimum Gasteiger partial charge on any atom is -0.497 e. The lowest BCUT2D eigenvalue weighted by atomic mass is 10.1. The lowest BCUT2D eigenvalue weighted by Gasteiger charge is -2.40. The van der Waals surface area contributed by atoms with Crippen molar-refractivity contribution in [2.45, 2.75) is 25.9 Å². The number of piperazine rings is 1. The number of rotatable bonds is 4. The largest absolute Gasteiger partial charge is 0.497 e. The Balaban J connectivity index is 1.49. The number of carbonyl (C=O) groups excluding carboxylic acids is 2. The number of hydrogen-bond donors (Lipinski definition) is 0. The van der Waals surface area contributed by atoms with Crippen LogP contribution in [0.1, 0.15) is 27.9 Å². The molecule has 0 N–H and O–H groups in total. The number of halogens is 1. The zero-order valence-corrected chi connectivity index (χ0v) is 18.0. The maximum absolute atomic E-state index is 13.3. The van der Waals surface area contributed by atoms with E-state index >= 15 is 0 Å². The van der Waals surface area contributed by atoms with Crippen LogP contribution in [0, 0.1) is 12.7 Å². The number of fused-ring (bicyclic) bond motifs is 1. The van der Waals surface area contributed by atoms with Crippen molar-refractivity contribution in [3.05, 3.63) is 65.0 Å². The minimum atomic E-state index is -0.348. The number of carbonyl (C=O) groups is 2. The maximum atomic E-state index is 13.3. The molecule has 4 rings (SSSR count). The summed E-state index contributed by atoms with van der Waals surface area (Å²) in [7, 11) is 1.60. The highest BCUT2D eigenvalue weighted by Crippen LogP contribution is 2.23. The first-order valence-electron chi connectivity index (χ1n) is 10.7. The summed E-state index contributed by atoms with van der Waals surface area (Å²) in [5, 5.41) is 0. The number of ether oxygens (including phenoxy) is 1. The van der Waals surface area contributed by atoms with Crippen molar-refractivity contribution >= 4 is 11.8 Å². The predicted molar refractivity (Wildman–Crippen MR) is 115 cm³/mol. The fourth-order valence-corrected chi connectivity index (χ4v) is 4.43. The van der Waals surface area contributed by atoms with Crippen molar-refractivity contribution in [1.29, 1.82) is 0 Å². The van der Waals surface area contributed by atoms with Crippen LogP contribution in [0.4, 0.5) is 4.39 Å². The van der Waals surface area contributed by atoms with Crippen LogP contribution in [0.3, 0.4) is 0 Å². The van der Waals surface area contributed by atoms with Crippen molar-refractivity contribution in [3.8, 4) is 5.75 Å². The second-order valence-corrected chi connectivity index (χ2v) is 8.22. The molecule has 0 spiro atoms. The molecule has 2 fully saturated rings. The van der Waals surface area contributed by atoms with Crippen LogP contribution < -0.4 is 4.74 Å². The molecule has 2 aromatic rings. The van der Waals surface area contributed by atoms with E-state index in [0.717, 1.165) is 36.4 Å². The number of aryl methyl sites for hydroxylation is 1. The fourth-order valence-electron chi connectivity index (χ4n) is 4.43. The molecular formula is C24H28FN3O3. The van der Waals surface area contributed by atoms with Gasteiger partial charge in [-0.25, -0.2) is 4.39 Å². The Morgan fingerprint density at radius 3 is 2.58 bits per heavy atom. The van der Waals surface area contributed by atoms with Gasteiger partial charge in [0.2, 0.25) is 5.91 Å². The molecule has 0 saturated carbocycles. The highest BCUT2D eigenvalue weighted by molar-refractivity contribution is 5.96. The second-order valence-electron chi connectivity index (χ2n) is 8.22. The molecule has 0 radical (unpaired) electrons. The van der Waals surface area contributed by atoms with Gasteiger partial charge < -0.3 is 14.5 Å². The van der Waals surface area contributed by atoms with E-state index in [0.29, 0.717) is 31.7 Å². The van der Waals surface area contributed by atoms with Crippen molar-refractivity contribution < 1.29 is 18.7 Å². The summed E-state index contributed by atoms with van der Waals surface area (Å²) in [4.78, 5) is 32.4. The van der Waals surface area contributed by atoms with Gasteiger partial charge in [-0.1, -0.05) is 12.1 Å². The highest BCUT2D eigenvalue weighted by atomic mass is 19.1. The second kappa shape index (κ2) is 9.06. The lowest BCUT2D eigenvalue weighted by Crippen LogP contribution is -2.59. The summed E-state index contributed by atoms with van der Waals surface area (Å²) in [6.45, 7) is 5.57. The molecular weight excluding hydrogens is 397 g/mol. The van der Waals surface area contributed by atoms with Gasteiger partial charge >= 0.3 is 0 Å². The fraction of sp³-hybridized carbons (Fsp3) is 0.417. The zero-order valence-electron chi connectivity index (χ0n) is 18.0. The van der Waals surface area contributed by atoms with Gasteiger partial charge in [-0.2, -0.15) is 0 Å². The van der Waals surface area contributed by atoms with Crippen LogP contribution in [0.25, 0.3) is 0 Å². The van der Waals surface area contributed by atoms with E-state index in [1.54, 1.807) is 36.3 Å². The quantitative estimate of drug-likeness (QED) is 0.756. The van der Waals surface area contributed by atoms with Crippen LogP contribution in [-0.4, -0.2) is 72.4 Å². The van der Waals surface area contributed by atoms with Crippen molar-refractivity contribution in [3.63, 3.8) is 0 Å². The normalized spacial score (nSPS) is 19.7. The molecule has 2 aromatic carbocycles. The standard InChI is InChI=1S/C24H28FN3O3/c1-17-14-20(31-2)8-9-21(17)23(29)27-11-3-10-26-12-13-28(24(30)22(26)16-27)15-18-4-6-19(25)7-5-18/h4-9,14,22H,3,10-13,15-16H2,1-2H3. The third kappa shape index (κ3) is 4.56. The van der Waals surface area contributed by atoms with Crippen molar-refractivity contribution in [2.24, 2.45) is 0 Å². The van der Waals surface area contributed by atoms with Gasteiger partial charge in [0.25, 0.3) is 5.91 Å². The molecule has 0 aliphatic carbocycles. The van der Waals surface area contributed by atoms with Gasteiger partial charge in [-0.15, -0.1) is 0 Å². The Hall–Kier alpha value is -2.93. The number of benzene rings is 2. The van der Waals surface area contributed by atoms with E-state index in [4.69, 9.17) is 4.74 Å². The molecule has 2 saturated heterocycles. The van der Waals surface area contributed by atoms with Crippen LogP contribution in [-0.2, 0) is 11.3 Å². The summed E-state index contributed by atoms with van der Waals surface area (Å²) >= 11 is 0. The van der Waals surface area contributed by atoms with E-state index < -0.39 is 0 Å². The first kappa shape index (κ1) is 21.3. The molecule has 0 bridgehead atoms. The Bertz CT molecular complexity index is 963. The average Bonchev–Trinajstić information content (AvgIpc) is 3.00. The molecule has 2 amide bonds. The van der Waals surface area contributed by atoms with Gasteiger partial charge in [0.05, 0.1) is 7.11 Å². The molecule has 7 heteroatoms. The van der Waals surface area contributed by atoms with Gasteiger partial charge in [0.15, 0.2) is 0 Å². The molecule has 31 heavy (non-hydrogen) atoms. The molecule has 1 unspecified atom stereocenters. The van der Waals surface area contributed by atoms with Crippen LogP contribution in [0.5, 0.6) is 5.75 Å². The van der Waals surface area contributed by atoms with E-state index in [2.05, 4.69) is 4.90 Å². The van der Waals surface area contributed by atoms with E-state index in [-0.39, 0.29) is 23.7 Å². The third-order valence-corrected chi connectivity index (χ3v) is 6.20. The van der Waals surface area contributed by atoms with Crippen LogP contribution in [0.2, 0.25) is 0 Å². The summed E-state index contributed by atoms with van der Waals surface area (Å²) in [5.74, 6) is 0.411. The number of nitrogens with zero attached hydrogens (tertiary/aromatic N) is 3. The Morgan fingerprint density at radius 1 is 1.10 bits per heavy atom. The first-order valence-corrected chi connectivity index (χ1v) is 10.7. The highest BCUT2D eigenvalue weighted by Gasteiger charge is 2.38. The topological polar surface area (TPSA) is 53.1 Å². The summed E-state index contributed by atoms with van der Waals surface area (Å²) < 4.78 is 18.5. The van der Waals surface area contributed by atoms with Crippen molar-refractivity contribution in [1.82, 2.24) is 14.7 Å². The summed E-state index contributed by atoms with van der Waals surface area (Å²) in [6, 6.07) is 11.4. The number of hydrogen-bond acceptors (Lipinski definition) is 4. The number of amides is 2. The molecule has 2 aliphatic heterocycles. The monoisotopic (exact) mass is 425 g/mol. The average molecular weight is 426 g/mol. The maximum Gasteiger partial charge on any atom is 0.254 e. The molecule has 164 valence electrons. The van der Waals surface area contributed by atoms with Gasteiger partial charge in [0, 0.05) is 44.8 Å². The Labute approximate surface area is 182 Å². The molecule has 1 atom stereocenters. The summed E-state index contributed by atoms with van der Waals surface area (Å²) in [5.41, 5.74) is 2.40. The van der Waals surface area contributed by atoms with Crippen molar-refractivity contribution in [2.75, 3.05) is 39.8 Å². The minimum absolute atomic E-state index is 0.0294. The van der Waals surface area contributed by atoms with E-state index in [1.165, 1.54) is 12.1 Å². The van der Waals surface area contributed by atoms with Crippen LogP contribution in [0.15, 0.2) is 42.5 Å². The lowest BCUT2D eigenvalue weighted by molar-refractivity contribution is -0.142. The smallest absolute Gasteiger partial charge is 0.254 e. The predicted octanol–water partition coefficient (Wildman–Crippen LogP) is 2.70. The van der Waals surface area contributed by atoms with Crippen LogP contribution >= 0.6 is 0 Å². The zero-order chi connectivity index (χ0) is 22.0. The first-order chi connectivity index (χ1) is 15.0. The molecule has 2 heterocycles. The Kier molecular flexibility index (Phi) is 6.23. The van der Waals surface area contributed by atoms with Gasteiger partial charge in [-0.3, -0.25) is 14.5 Å². The Morgan fingerprint density at radius 2 is 1.87 bits per heavy atom. The van der Waals surface area contributed by atoms with Gasteiger partial charge in [0.1, 0.15) is 17.6 Å². The van der Waals surface area contributed by atoms with Gasteiger partial charge in [-0.05, 0) is 54.8 Å². The molecule has 0 aromatic heterocycles. The molecule has 2 aliphatic rings. The van der Waals surface area contributed by atoms with E-state index in [1.807, 2.05) is 17.9 Å². The molecule has 6 nitrogen and oxygen atoms in total. The van der Waals surface area contributed by atoms with E-state index in [9.17, 15) is 14.0 Å². The summed E-state index contributed by atoms with van der Waals surface area (Å²) in [6.07, 6.45) is 0.836. The SMILES string of the molecule is COc1ccc(C(=O)N2CCCN3CCN(Cc4ccc(F)cc4)C(=O)C3C2)c(C)c1.